The van der Waals surface area contributed by atoms with Crippen LogP contribution in [0.15, 0.2) is 42.5 Å². The second-order valence-corrected chi connectivity index (χ2v) is 9.85. The highest BCUT2D eigenvalue weighted by molar-refractivity contribution is 7.18. The third-order valence-corrected chi connectivity index (χ3v) is 6.80. The van der Waals surface area contributed by atoms with Crippen LogP contribution in [-0.2, 0) is 11.2 Å². The lowest BCUT2D eigenvalue weighted by Crippen LogP contribution is -2.36. The molecule has 2 unspecified atom stereocenters. The molecule has 37 heavy (non-hydrogen) atoms. The Morgan fingerprint density at radius 3 is 2.59 bits per heavy atom. The summed E-state index contributed by atoms with van der Waals surface area (Å²) in [4.78, 5) is 26.7. The molecule has 10 heteroatoms. The van der Waals surface area contributed by atoms with E-state index >= 15 is 0 Å². The van der Waals surface area contributed by atoms with Crippen LogP contribution in [0.4, 0.5) is 16.6 Å². The summed E-state index contributed by atoms with van der Waals surface area (Å²) in [5, 5.41) is 24.6. The molecule has 0 saturated carbocycles. The minimum Gasteiger partial charge on any atom is -0.508 e. The van der Waals surface area contributed by atoms with E-state index in [0.29, 0.717) is 28.0 Å². The highest BCUT2D eigenvalue weighted by Gasteiger charge is 2.22. The lowest BCUT2D eigenvalue weighted by Gasteiger charge is -2.21. The van der Waals surface area contributed by atoms with Crippen LogP contribution in [0, 0.1) is 0 Å². The Morgan fingerprint density at radius 1 is 1.27 bits per heavy atom. The van der Waals surface area contributed by atoms with E-state index in [1.54, 1.807) is 18.2 Å². The van der Waals surface area contributed by atoms with Gasteiger partial charge in [0.1, 0.15) is 28.3 Å². The molecule has 2 aromatic carbocycles. The lowest BCUT2D eigenvalue weighted by atomic mass is 10.0. The molecule has 198 valence electrons. The third kappa shape index (κ3) is 7.93. The fourth-order valence-corrected chi connectivity index (χ4v) is 4.89. The number of thiazole rings is 1. The maximum absolute atomic E-state index is 13.0. The Kier molecular flexibility index (Phi) is 9.87. The molecule has 0 radical (unpaired) electrons. The predicted octanol–water partition coefficient (Wildman–Crippen LogP) is 4.97. The first-order chi connectivity index (χ1) is 17.7. The second-order valence-electron chi connectivity index (χ2n) is 8.85. The monoisotopic (exact) mass is 526 g/mol. The summed E-state index contributed by atoms with van der Waals surface area (Å²) >= 11 is 1.21. The molecule has 1 aliphatic rings. The number of hydrogen-bond donors (Lipinski definition) is 5. The number of benzene rings is 2. The number of aryl methyl sites for hydroxylation is 1. The van der Waals surface area contributed by atoms with Crippen LogP contribution < -0.4 is 21.1 Å². The van der Waals surface area contributed by atoms with Crippen molar-refractivity contribution in [3.8, 4) is 11.5 Å². The van der Waals surface area contributed by atoms with Gasteiger partial charge < -0.3 is 31.3 Å². The largest absolute Gasteiger partial charge is 0.508 e. The van der Waals surface area contributed by atoms with Crippen LogP contribution in [-0.4, -0.2) is 45.6 Å². The van der Waals surface area contributed by atoms with E-state index in [0.717, 1.165) is 43.3 Å². The van der Waals surface area contributed by atoms with Crippen LogP contribution in [0.25, 0.3) is 0 Å². The normalized spacial score (nSPS) is 15.4. The molecule has 0 aliphatic carbocycles. The number of aromatic hydroxyl groups is 1. The number of phenols is 1. The first kappa shape index (κ1) is 27.9. The zero-order chi connectivity index (χ0) is 26.9. The molecule has 0 bridgehead atoms. The molecule has 1 saturated heterocycles. The van der Waals surface area contributed by atoms with Crippen molar-refractivity contribution in [3.05, 3.63) is 58.5 Å². The Bertz CT molecular complexity index is 1200. The average molecular weight is 527 g/mol. The van der Waals surface area contributed by atoms with Gasteiger partial charge in [-0.2, -0.15) is 0 Å². The summed E-state index contributed by atoms with van der Waals surface area (Å²) in [6.07, 6.45) is 4.01. The maximum atomic E-state index is 13.0. The number of aromatic nitrogens is 1. The number of anilines is 3. The van der Waals surface area contributed by atoms with Gasteiger partial charge in [-0.3, -0.25) is 9.59 Å². The number of rotatable bonds is 9. The van der Waals surface area contributed by atoms with Crippen LogP contribution in [0.2, 0.25) is 0 Å². The van der Waals surface area contributed by atoms with Crippen molar-refractivity contribution in [2.24, 2.45) is 0 Å². The molecule has 1 fully saturated rings. The number of aliphatic carboxylic acids is 1. The molecule has 3 aromatic rings. The van der Waals surface area contributed by atoms with Crippen molar-refractivity contribution >= 4 is 39.7 Å². The van der Waals surface area contributed by atoms with Gasteiger partial charge in [-0.15, -0.1) is 0 Å². The van der Waals surface area contributed by atoms with Crippen molar-refractivity contribution in [1.82, 2.24) is 10.3 Å². The van der Waals surface area contributed by atoms with E-state index in [1.165, 1.54) is 17.8 Å². The van der Waals surface area contributed by atoms with Gasteiger partial charge in [-0.05, 0) is 80.8 Å². The fourth-order valence-electron chi connectivity index (χ4n) is 4.02. The molecule has 0 amide bonds. The zero-order valence-electron chi connectivity index (χ0n) is 21.3. The molecule has 0 spiro atoms. The molecule has 2 atom stereocenters. The standard InChI is InChI=1S/C25H30N4O3S.C2H4O2/c1-3-5-16-14-17(7-12-21(16)30)22(31)23-24(26)29-25(33-23)28-18-8-10-19(11-9-18)32-15(2)20-6-4-13-27-20;1-2(3)4/h7-12,14-15,20,27,30H,3-6,13,26H2,1-2H3,(H,28,29);1H3,(H,3,4). The van der Waals surface area contributed by atoms with Crippen molar-refractivity contribution in [2.75, 3.05) is 17.6 Å². The van der Waals surface area contributed by atoms with Gasteiger partial charge >= 0.3 is 0 Å². The number of carboxylic acids is 1. The molecule has 6 N–H and O–H groups in total. The van der Waals surface area contributed by atoms with Crippen LogP contribution in [0.3, 0.4) is 0 Å². The smallest absolute Gasteiger partial charge is 0.300 e. The van der Waals surface area contributed by atoms with Crippen molar-refractivity contribution in [3.63, 3.8) is 0 Å². The number of nitrogen functional groups attached to an aromatic ring is 1. The van der Waals surface area contributed by atoms with E-state index in [2.05, 4.69) is 22.5 Å². The molecule has 2 heterocycles. The minimum absolute atomic E-state index is 0.108. The topological polar surface area (TPSA) is 147 Å². The summed E-state index contributed by atoms with van der Waals surface area (Å²) in [6.45, 7) is 6.25. The van der Waals surface area contributed by atoms with Gasteiger partial charge in [0.2, 0.25) is 5.78 Å². The number of ketones is 1. The summed E-state index contributed by atoms with van der Waals surface area (Å²) in [5.41, 5.74) is 8.14. The second kappa shape index (κ2) is 13.1. The van der Waals surface area contributed by atoms with Gasteiger partial charge in [0, 0.05) is 24.2 Å². The zero-order valence-corrected chi connectivity index (χ0v) is 22.1. The SMILES string of the molecule is CC(=O)O.CCCc1cc(C(=O)c2sc(Nc3ccc(OC(C)C4CCCN4)cc3)nc2N)ccc1O. The number of carbonyl (C=O) groups is 2. The van der Waals surface area contributed by atoms with Crippen molar-refractivity contribution in [1.29, 1.82) is 0 Å². The molecule has 9 nitrogen and oxygen atoms in total. The van der Waals surface area contributed by atoms with E-state index in [-0.39, 0.29) is 23.5 Å². The first-order valence-corrected chi connectivity index (χ1v) is 13.1. The average Bonchev–Trinajstić information content (AvgIpc) is 3.51. The van der Waals surface area contributed by atoms with Gasteiger partial charge in [0.15, 0.2) is 5.13 Å². The van der Waals surface area contributed by atoms with Crippen LogP contribution in [0.1, 0.15) is 60.8 Å². The van der Waals surface area contributed by atoms with Gasteiger partial charge in [-0.1, -0.05) is 24.7 Å². The summed E-state index contributed by atoms with van der Waals surface area (Å²) < 4.78 is 6.06. The Balaban J connectivity index is 0.000000886. The Morgan fingerprint density at radius 2 is 1.97 bits per heavy atom. The molecule has 1 aliphatic heterocycles. The number of nitrogens with zero attached hydrogens (tertiary/aromatic N) is 1. The number of carbonyl (C=O) groups excluding carboxylic acids is 1. The highest BCUT2D eigenvalue weighted by Crippen LogP contribution is 2.31. The van der Waals surface area contributed by atoms with E-state index in [9.17, 15) is 9.90 Å². The molecular weight excluding hydrogens is 492 g/mol. The molecule has 1 aromatic heterocycles. The number of nitrogens with one attached hydrogen (secondary N) is 2. The van der Waals surface area contributed by atoms with E-state index < -0.39 is 5.97 Å². The highest BCUT2D eigenvalue weighted by atomic mass is 32.1. The number of hydrogen-bond acceptors (Lipinski definition) is 9. The van der Waals surface area contributed by atoms with Crippen molar-refractivity contribution < 1.29 is 24.5 Å². The van der Waals surface area contributed by atoms with Crippen molar-refractivity contribution in [2.45, 2.75) is 58.6 Å². The minimum atomic E-state index is -0.833. The van der Waals surface area contributed by atoms with E-state index in [1.807, 2.05) is 31.2 Å². The number of phenolic OH excluding ortho intramolecular Hbond substituents is 1. The maximum Gasteiger partial charge on any atom is 0.300 e. The Hall–Kier alpha value is -3.63. The molecular formula is C27H34N4O5S. The number of nitrogens with two attached hydrogens (primary N) is 1. The lowest BCUT2D eigenvalue weighted by molar-refractivity contribution is -0.134. The summed E-state index contributed by atoms with van der Waals surface area (Å²) in [6, 6.07) is 13.0. The van der Waals surface area contributed by atoms with E-state index in [4.69, 9.17) is 20.4 Å². The Labute approximate surface area is 220 Å². The number of carboxylic acid groups (broad SMARTS) is 1. The third-order valence-electron chi connectivity index (χ3n) is 5.81. The van der Waals surface area contributed by atoms with Crippen LogP contribution in [0.5, 0.6) is 11.5 Å². The number of ether oxygens (including phenoxy) is 1. The predicted molar refractivity (Wildman–Crippen MR) is 146 cm³/mol. The first-order valence-electron chi connectivity index (χ1n) is 12.3. The summed E-state index contributed by atoms with van der Waals surface area (Å²) in [5.74, 6) is 0.171. The van der Waals surface area contributed by atoms with Gasteiger partial charge in [0.05, 0.1) is 0 Å². The fraction of sp³-hybridized carbons (Fsp3) is 0.370. The quantitative estimate of drug-likeness (QED) is 0.244. The van der Waals surface area contributed by atoms with Crippen LogP contribution >= 0.6 is 11.3 Å². The summed E-state index contributed by atoms with van der Waals surface area (Å²) in [7, 11) is 0. The van der Waals surface area contributed by atoms with Gasteiger partial charge in [-0.25, -0.2) is 4.98 Å². The molecule has 4 rings (SSSR count). The van der Waals surface area contributed by atoms with Gasteiger partial charge in [0.25, 0.3) is 5.97 Å².